The van der Waals surface area contributed by atoms with Crippen molar-refractivity contribution in [2.45, 2.75) is 4.90 Å². The summed E-state index contributed by atoms with van der Waals surface area (Å²) in [6, 6.07) is 3.31. The van der Waals surface area contributed by atoms with Gasteiger partial charge in [-0.3, -0.25) is 16.0 Å². The molecule has 1 rings (SSSR count). The Labute approximate surface area is 91.6 Å². The molecule has 0 aliphatic carbocycles. The minimum Gasteiger partial charge on any atom is -0.323 e. The SMILES string of the molecule is CNS(=O)(=O)c1cc([N+](=O)[O-])ccc1NN. The van der Waals surface area contributed by atoms with Crippen LogP contribution in [-0.2, 0) is 10.0 Å². The van der Waals surface area contributed by atoms with Crippen molar-refractivity contribution in [1.82, 2.24) is 4.72 Å². The Hall–Kier alpha value is -1.71. The third-order valence-electron chi connectivity index (χ3n) is 1.89. The van der Waals surface area contributed by atoms with E-state index < -0.39 is 14.9 Å². The summed E-state index contributed by atoms with van der Waals surface area (Å²) in [6.07, 6.45) is 0. The number of nitrogen functional groups attached to an aromatic ring is 1. The zero-order valence-corrected chi connectivity index (χ0v) is 9.11. The summed E-state index contributed by atoms with van der Waals surface area (Å²) in [5.74, 6) is 5.12. The number of nitro benzene ring substituents is 1. The van der Waals surface area contributed by atoms with Crippen LogP contribution < -0.4 is 16.0 Å². The first-order valence-corrected chi connectivity index (χ1v) is 5.59. The minimum absolute atomic E-state index is 0.0833. The lowest BCUT2D eigenvalue weighted by atomic mass is 10.3. The molecule has 0 amide bonds. The number of nitro groups is 1. The molecule has 0 bridgehead atoms. The number of nitrogens with two attached hydrogens (primary N) is 1. The number of hydrogen-bond acceptors (Lipinski definition) is 6. The standard InChI is InChI=1S/C7H10N4O4S/c1-9-16(14,15)7-4-5(11(12)13)2-3-6(7)10-8/h2-4,9-10H,8H2,1H3. The van der Waals surface area contributed by atoms with Gasteiger partial charge in [0.25, 0.3) is 5.69 Å². The number of nitrogens with zero attached hydrogens (tertiary/aromatic N) is 1. The molecule has 1 aromatic carbocycles. The molecule has 0 fully saturated rings. The van der Waals surface area contributed by atoms with E-state index in [1.807, 2.05) is 0 Å². The lowest BCUT2D eigenvalue weighted by Gasteiger charge is -2.08. The van der Waals surface area contributed by atoms with Crippen LogP contribution in [-0.4, -0.2) is 20.4 Å². The highest BCUT2D eigenvalue weighted by Gasteiger charge is 2.20. The molecule has 0 aliphatic rings. The second kappa shape index (κ2) is 4.43. The second-order valence-corrected chi connectivity index (χ2v) is 4.64. The lowest BCUT2D eigenvalue weighted by Crippen LogP contribution is -2.21. The van der Waals surface area contributed by atoms with Crippen molar-refractivity contribution < 1.29 is 13.3 Å². The van der Waals surface area contributed by atoms with Gasteiger partial charge in [-0.1, -0.05) is 0 Å². The van der Waals surface area contributed by atoms with Gasteiger partial charge in [0.2, 0.25) is 10.0 Å². The number of benzene rings is 1. The normalized spacial score (nSPS) is 11.1. The monoisotopic (exact) mass is 246 g/mol. The Bertz CT molecular complexity index is 513. The van der Waals surface area contributed by atoms with Crippen molar-refractivity contribution in [2.75, 3.05) is 12.5 Å². The molecule has 4 N–H and O–H groups in total. The van der Waals surface area contributed by atoms with Gasteiger partial charge >= 0.3 is 0 Å². The van der Waals surface area contributed by atoms with Gasteiger partial charge < -0.3 is 5.43 Å². The van der Waals surface area contributed by atoms with E-state index in [0.29, 0.717) is 0 Å². The summed E-state index contributed by atoms with van der Waals surface area (Å²) in [4.78, 5) is 9.55. The number of sulfonamides is 1. The Kier molecular flexibility index (Phi) is 3.42. The fourth-order valence-corrected chi connectivity index (χ4v) is 1.99. The van der Waals surface area contributed by atoms with Crippen LogP contribution in [0.3, 0.4) is 0 Å². The van der Waals surface area contributed by atoms with Crippen LogP contribution in [0, 0.1) is 10.1 Å². The van der Waals surface area contributed by atoms with Crippen LogP contribution in [0.2, 0.25) is 0 Å². The average molecular weight is 246 g/mol. The number of anilines is 1. The number of hydrogen-bond donors (Lipinski definition) is 3. The molecule has 0 heterocycles. The van der Waals surface area contributed by atoms with E-state index in [9.17, 15) is 18.5 Å². The zero-order valence-electron chi connectivity index (χ0n) is 8.30. The first-order chi connectivity index (χ1) is 7.42. The van der Waals surface area contributed by atoms with E-state index in [4.69, 9.17) is 5.84 Å². The van der Waals surface area contributed by atoms with Crippen LogP contribution in [0.5, 0.6) is 0 Å². The Morgan fingerprint density at radius 1 is 1.44 bits per heavy atom. The molecule has 0 spiro atoms. The minimum atomic E-state index is -3.79. The van der Waals surface area contributed by atoms with Crippen molar-refractivity contribution in [3.05, 3.63) is 28.3 Å². The van der Waals surface area contributed by atoms with Gasteiger partial charge in [0.1, 0.15) is 4.90 Å². The summed E-state index contributed by atoms with van der Waals surface area (Å²) >= 11 is 0. The summed E-state index contributed by atoms with van der Waals surface area (Å²) < 4.78 is 25.1. The molecule has 88 valence electrons. The van der Waals surface area contributed by atoms with Gasteiger partial charge in [-0.2, -0.15) is 0 Å². The van der Waals surface area contributed by atoms with Crippen LogP contribution in [0.1, 0.15) is 0 Å². The molecule has 0 atom stereocenters. The van der Waals surface area contributed by atoms with Gasteiger partial charge in [0.15, 0.2) is 0 Å². The first-order valence-electron chi connectivity index (χ1n) is 4.11. The second-order valence-electron chi connectivity index (χ2n) is 2.79. The van der Waals surface area contributed by atoms with Crippen molar-refractivity contribution in [2.24, 2.45) is 5.84 Å². The molecule has 9 heteroatoms. The van der Waals surface area contributed by atoms with E-state index in [0.717, 1.165) is 12.1 Å². The van der Waals surface area contributed by atoms with Gasteiger partial charge in [0, 0.05) is 12.1 Å². The quantitative estimate of drug-likeness (QED) is 0.383. The smallest absolute Gasteiger partial charge is 0.270 e. The molecule has 0 aliphatic heterocycles. The Morgan fingerprint density at radius 3 is 2.50 bits per heavy atom. The van der Waals surface area contributed by atoms with Crippen molar-refractivity contribution in [3.63, 3.8) is 0 Å². The largest absolute Gasteiger partial charge is 0.323 e. The van der Waals surface area contributed by atoms with Gasteiger partial charge in [-0.25, -0.2) is 13.1 Å². The number of rotatable bonds is 4. The van der Waals surface area contributed by atoms with Crippen LogP contribution in [0.15, 0.2) is 23.1 Å². The summed E-state index contributed by atoms with van der Waals surface area (Å²) in [5.41, 5.74) is 1.92. The molecular weight excluding hydrogens is 236 g/mol. The predicted molar refractivity (Wildman–Crippen MR) is 57.2 cm³/mol. The fourth-order valence-electron chi connectivity index (χ4n) is 1.08. The number of non-ortho nitro benzene ring substituents is 1. The molecule has 0 unspecified atom stereocenters. The highest BCUT2D eigenvalue weighted by molar-refractivity contribution is 7.89. The molecule has 16 heavy (non-hydrogen) atoms. The van der Waals surface area contributed by atoms with Crippen molar-refractivity contribution in [3.8, 4) is 0 Å². The predicted octanol–water partition coefficient (Wildman–Crippen LogP) is -0.211. The number of hydrazine groups is 1. The molecule has 0 saturated heterocycles. The Balaban J connectivity index is 3.45. The van der Waals surface area contributed by atoms with E-state index >= 15 is 0 Å². The highest BCUT2D eigenvalue weighted by atomic mass is 32.2. The summed E-state index contributed by atoms with van der Waals surface area (Å²) in [5, 5.41) is 10.5. The summed E-state index contributed by atoms with van der Waals surface area (Å²) in [7, 11) is -2.59. The van der Waals surface area contributed by atoms with E-state index in [2.05, 4.69) is 10.1 Å². The van der Waals surface area contributed by atoms with Crippen molar-refractivity contribution in [1.29, 1.82) is 0 Å². The van der Waals surface area contributed by atoms with Gasteiger partial charge in [-0.15, -0.1) is 0 Å². The van der Waals surface area contributed by atoms with Crippen LogP contribution in [0.4, 0.5) is 11.4 Å². The first kappa shape index (κ1) is 12.4. The topological polar surface area (TPSA) is 127 Å². The molecule has 0 aromatic heterocycles. The summed E-state index contributed by atoms with van der Waals surface area (Å²) in [6.45, 7) is 0. The maximum atomic E-state index is 11.5. The molecule has 1 aromatic rings. The molecular formula is C7H10N4O4S. The van der Waals surface area contributed by atoms with Crippen molar-refractivity contribution >= 4 is 21.4 Å². The highest BCUT2D eigenvalue weighted by Crippen LogP contribution is 2.25. The average Bonchev–Trinajstić information content (AvgIpc) is 2.28. The van der Waals surface area contributed by atoms with Crippen LogP contribution in [0.25, 0.3) is 0 Å². The molecule has 0 radical (unpaired) electrons. The van der Waals surface area contributed by atoms with Gasteiger partial charge in [0.05, 0.1) is 10.6 Å². The van der Waals surface area contributed by atoms with Crippen LogP contribution >= 0.6 is 0 Å². The lowest BCUT2D eigenvalue weighted by molar-refractivity contribution is -0.385. The van der Waals surface area contributed by atoms with E-state index in [-0.39, 0.29) is 16.3 Å². The maximum absolute atomic E-state index is 11.5. The molecule has 0 saturated carbocycles. The maximum Gasteiger partial charge on any atom is 0.270 e. The van der Waals surface area contributed by atoms with E-state index in [1.54, 1.807) is 0 Å². The van der Waals surface area contributed by atoms with Gasteiger partial charge in [-0.05, 0) is 13.1 Å². The third-order valence-corrected chi connectivity index (χ3v) is 3.34. The Morgan fingerprint density at radius 2 is 2.06 bits per heavy atom. The number of nitrogens with one attached hydrogen (secondary N) is 2. The third kappa shape index (κ3) is 2.27. The van der Waals surface area contributed by atoms with E-state index in [1.165, 1.54) is 13.1 Å². The zero-order chi connectivity index (χ0) is 12.3. The molecule has 8 nitrogen and oxygen atoms in total. The fraction of sp³-hybridized carbons (Fsp3) is 0.143.